The molecule has 2 nitrogen and oxygen atoms in total. The van der Waals surface area contributed by atoms with Crippen molar-refractivity contribution >= 4 is 5.71 Å². The van der Waals surface area contributed by atoms with Gasteiger partial charge in [0.1, 0.15) is 0 Å². The van der Waals surface area contributed by atoms with Gasteiger partial charge >= 0.3 is 0 Å². The maximum Gasteiger partial charge on any atom is 0.0540 e. The number of hydrogen-bond acceptors (Lipinski definition) is 2. The second-order valence-electron chi connectivity index (χ2n) is 3.12. The Labute approximate surface area is 62.9 Å². The maximum atomic E-state index is 8.29. The van der Waals surface area contributed by atoms with Crippen LogP contribution >= 0.6 is 0 Å². The Morgan fingerprint density at radius 2 is 2.10 bits per heavy atom. The Hall–Kier alpha value is -0.530. The van der Waals surface area contributed by atoms with Crippen LogP contribution in [0.2, 0.25) is 0 Å². The van der Waals surface area contributed by atoms with Crippen molar-refractivity contribution in [3.63, 3.8) is 0 Å². The van der Waals surface area contributed by atoms with E-state index in [4.69, 9.17) is 5.21 Å². The fraction of sp³-hybridized carbons (Fsp3) is 0.875. The predicted octanol–water partition coefficient (Wildman–Crippen LogP) is 2.66. The molecule has 0 rings (SSSR count). The second-order valence-corrected chi connectivity index (χ2v) is 3.12. The summed E-state index contributed by atoms with van der Waals surface area (Å²) in [7, 11) is 0. The fourth-order valence-corrected chi connectivity index (χ4v) is 0.816. The molecule has 0 aromatic carbocycles. The summed E-state index contributed by atoms with van der Waals surface area (Å²) >= 11 is 0. The van der Waals surface area contributed by atoms with Gasteiger partial charge in [-0.1, -0.05) is 25.4 Å². The van der Waals surface area contributed by atoms with Crippen LogP contribution in [0.15, 0.2) is 5.16 Å². The highest BCUT2D eigenvalue weighted by Crippen LogP contribution is 2.06. The third-order valence-electron chi connectivity index (χ3n) is 1.49. The van der Waals surface area contributed by atoms with Gasteiger partial charge in [-0.3, -0.25) is 0 Å². The van der Waals surface area contributed by atoms with Crippen molar-refractivity contribution in [2.45, 2.75) is 40.0 Å². The quantitative estimate of drug-likeness (QED) is 0.366. The molecule has 1 N–H and O–H groups in total. The largest absolute Gasteiger partial charge is 0.411 e. The first-order valence-corrected chi connectivity index (χ1v) is 3.84. The van der Waals surface area contributed by atoms with Gasteiger partial charge in [0.05, 0.1) is 5.71 Å². The third kappa shape index (κ3) is 5.60. The predicted molar refractivity (Wildman–Crippen MR) is 43.6 cm³/mol. The Bertz CT molecular complexity index is 108. The number of rotatable bonds is 4. The van der Waals surface area contributed by atoms with E-state index in [2.05, 4.69) is 19.0 Å². The number of nitrogens with zero attached hydrogens (tertiary/aromatic N) is 1. The minimum atomic E-state index is 0.756. The lowest BCUT2D eigenvalue weighted by atomic mass is 10.1. The Morgan fingerprint density at radius 1 is 1.50 bits per heavy atom. The summed E-state index contributed by atoms with van der Waals surface area (Å²) in [5.41, 5.74) is 0.834. The van der Waals surface area contributed by atoms with Gasteiger partial charge in [0, 0.05) is 0 Å². The molecule has 0 radical (unpaired) electrons. The van der Waals surface area contributed by atoms with E-state index in [9.17, 15) is 0 Å². The number of hydrogen-bond donors (Lipinski definition) is 1. The molecule has 0 aliphatic carbocycles. The van der Waals surface area contributed by atoms with Crippen LogP contribution in [-0.2, 0) is 0 Å². The van der Waals surface area contributed by atoms with Crippen LogP contribution in [0.25, 0.3) is 0 Å². The van der Waals surface area contributed by atoms with Crippen molar-refractivity contribution in [3.8, 4) is 0 Å². The number of oxime groups is 1. The van der Waals surface area contributed by atoms with Gasteiger partial charge in [0.2, 0.25) is 0 Å². The van der Waals surface area contributed by atoms with Crippen LogP contribution < -0.4 is 0 Å². The zero-order valence-electron chi connectivity index (χ0n) is 7.09. The molecule has 0 unspecified atom stereocenters. The van der Waals surface area contributed by atoms with E-state index < -0.39 is 0 Å². The molecule has 2 heteroatoms. The summed E-state index contributed by atoms with van der Waals surface area (Å²) in [5.74, 6) is 0.756. The van der Waals surface area contributed by atoms with E-state index in [-0.39, 0.29) is 0 Å². The molecule has 0 aliphatic heterocycles. The molecule has 0 saturated carbocycles. The second kappa shape index (κ2) is 5.27. The van der Waals surface area contributed by atoms with Gasteiger partial charge in [-0.25, -0.2) is 0 Å². The van der Waals surface area contributed by atoms with E-state index in [1.54, 1.807) is 0 Å². The lowest BCUT2D eigenvalue weighted by molar-refractivity contribution is 0.317. The van der Waals surface area contributed by atoms with Crippen molar-refractivity contribution in [3.05, 3.63) is 0 Å². The van der Waals surface area contributed by atoms with Crippen LogP contribution in [0.1, 0.15) is 40.0 Å². The minimum Gasteiger partial charge on any atom is -0.411 e. The van der Waals surface area contributed by atoms with Gasteiger partial charge in [0.25, 0.3) is 0 Å². The van der Waals surface area contributed by atoms with Crippen LogP contribution in [0.4, 0.5) is 0 Å². The Morgan fingerprint density at radius 3 is 2.50 bits per heavy atom. The molecule has 0 aliphatic rings. The topological polar surface area (TPSA) is 32.6 Å². The molecule has 0 spiro atoms. The SMILES string of the molecule is C/C(CCCC(C)C)=N/O. The molecule has 0 atom stereocenters. The maximum absolute atomic E-state index is 8.29. The fourth-order valence-electron chi connectivity index (χ4n) is 0.816. The molecule has 0 aromatic rings. The highest BCUT2D eigenvalue weighted by molar-refractivity contribution is 5.81. The molecule has 0 aromatic heterocycles. The van der Waals surface area contributed by atoms with Crippen molar-refractivity contribution in [1.82, 2.24) is 0 Å². The summed E-state index contributed by atoms with van der Waals surface area (Å²) in [6.07, 6.45) is 3.27. The van der Waals surface area contributed by atoms with E-state index in [1.165, 1.54) is 6.42 Å². The smallest absolute Gasteiger partial charge is 0.0540 e. The molecule has 0 amide bonds. The lowest BCUT2D eigenvalue weighted by Crippen LogP contribution is -1.93. The zero-order chi connectivity index (χ0) is 7.98. The van der Waals surface area contributed by atoms with Crippen molar-refractivity contribution < 1.29 is 5.21 Å². The van der Waals surface area contributed by atoms with E-state index in [0.29, 0.717) is 0 Å². The van der Waals surface area contributed by atoms with Gasteiger partial charge in [-0.15, -0.1) is 0 Å². The summed E-state index contributed by atoms with van der Waals surface area (Å²) in [4.78, 5) is 0. The summed E-state index contributed by atoms with van der Waals surface area (Å²) in [6.45, 7) is 6.25. The zero-order valence-corrected chi connectivity index (χ0v) is 7.09. The summed E-state index contributed by atoms with van der Waals surface area (Å²) in [6, 6.07) is 0. The standard InChI is InChI=1S/C8H17NO/c1-7(2)5-4-6-8(3)9-10/h7,10H,4-6H2,1-3H3/b9-8-. The molecule has 0 fully saturated rings. The average Bonchev–Trinajstić information content (AvgIpc) is 1.87. The third-order valence-corrected chi connectivity index (χ3v) is 1.49. The first-order chi connectivity index (χ1) is 4.66. The molecule has 10 heavy (non-hydrogen) atoms. The first-order valence-electron chi connectivity index (χ1n) is 3.84. The van der Waals surface area contributed by atoms with E-state index in [0.717, 1.165) is 24.5 Å². The Kier molecular flexibility index (Phi) is 4.99. The molecular formula is C8H17NO. The van der Waals surface area contributed by atoms with Crippen molar-refractivity contribution in [2.24, 2.45) is 11.1 Å². The highest BCUT2D eigenvalue weighted by atomic mass is 16.4. The lowest BCUT2D eigenvalue weighted by Gasteiger charge is -2.01. The normalized spacial score (nSPS) is 12.6. The molecule has 60 valence electrons. The van der Waals surface area contributed by atoms with Gasteiger partial charge in [-0.05, 0) is 25.7 Å². The van der Waals surface area contributed by atoms with Crippen LogP contribution in [0.3, 0.4) is 0 Å². The van der Waals surface area contributed by atoms with Gasteiger partial charge in [0.15, 0.2) is 0 Å². The van der Waals surface area contributed by atoms with Crippen LogP contribution in [0.5, 0.6) is 0 Å². The van der Waals surface area contributed by atoms with E-state index in [1.807, 2.05) is 6.92 Å². The average molecular weight is 143 g/mol. The highest BCUT2D eigenvalue weighted by Gasteiger charge is 1.95. The molecule has 0 heterocycles. The molecular weight excluding hydrogens is 126 g/mol. The van der Waals surface area contributed by atoms with Crippen molar-refractivity contribution in [1.29, 1.82) is 0 Å². The van der Waals surface area contributed by atoms with Gasteiger partial charge < -0.3 is 5.21 Å². The summed E-state index contributed by atoms with van der Waals surface area (Å²) < 4.78 is 0. The minimum absolute atomic E-state index is 0.756. The van der Waals surface area contributed by atoms with E-state index >= 15 is 0 Å². The Balaban J connectivity index is 3.20. The van der Waals surface area contributed by atoms with Crippen molar-refractivity contribution in [2.75, 3.05) is 0 Å². The molecule has 0 bridgehead atoms. The van der Waals surface area contributed by atoms with Gasteiger partial charge in [-0.2, -0.15) is 0 Å². The van der Waals surface area contributed by atoms with Crippen LogP contribution in [0, 0.1) is 5.92 Å². The monoisotopic (exact) mass is 143 g/mol. The first kappa shape index (κ1) is 9.47. The molecule has 0 saturated heterocycles. The summed E-state index contributed by atoms with van der Waals surface area (Å²) in [5, 5.41) is 11.4. The van der Waals surface area contributed by atoms with Crippen LogP contribution in [-0.4, -0.2) is 10.9 Å².